The molecule has 1 aromatic heterocycles. The summed E-state index contributed by atoms with van der Waals surface area (Å²) in [6, 6.07) is 8.03. The van der Waals surface area contributed by atoms with E-state index in [2.05, 4.69) is 10.4 Å². The van der Waals surface area contributed by atoms with Gasteiger partial charge in [-0.15, -0.1) is 0 Å². The Labute approximate surface area is 200 Å². The van der Waals surface area contributed by atoms with Crippen LogP contribution in [-0.4, -0.2) is 39.1 Å². The van der Waals surface area contributed by atoms with Crippen LogP contribution in [0.2, 0.25) is 5.02 Å². The molecular weight excluding hydrogens is 466 g/mol. The van der Waals surface area contributed by atoms with Gasteiger partial charge in [-0.1, -0.05) is 11.6 Å². The van der Waals surface area contributed by atoms with Crippen LogP contribution in [0, 0.1) is 11.6 Å². The van der Waals surface area contributed by atoms with Gasteiger partial charge >= 0.3 is 0 Å². The minimum atomic E-state index is -0.772. The van der Waals surface area contributed by atoms with Crippen LogP contribution in [-0.2, 0) is 25.0 Å². The van der Waals surface area contributed by atoms with Gasteiger partial charge in [0.2, 0.25) is 5.91 Å². The molecule has 2 amide bonds. The van der Waals surface area contributed by atoms with Crippen molar-refractivity contribution < 1.29 is 23.1 Å². The summed E-state index contributed by atoms with van der Waals surface area (Å²) in [5, 5.41) is 7.64. The summed E-state index contributed by atoms with van der Waals surface area (Å²) < 4.78 is 34.9. The van der Waals surface area contributed by atoms with E-state index in [0.29, 0.717) is 27.6 Å². The molecule has 0 unspecified atom stereocenters. The average molecular weight is 489 g/mol. The quantitative estimate of drug-likeness (QED) is 0.567. The van der Waals surface area contributed by atoms with Crippen molar-refractivity contribution in [3.05, 3.63) is 69.9 Å². The molecule has 4 rings (SSSR count). The first-order valence-electron chi connectivity index (χ1n) is 10.6. The van der Waals surface area contributed by atoms with E-state index in [1.807, 2.05) is 0 Å². The number of aromatic nitrogens is 2. The maximum atomic E-state index is 13.8. The molecule has 0 fully saturated rings. The summed E-state index contributed by atoms with van der Waals surface area (Å²) in [7, 11) is 1.70. The number of nitrogens with one attached hydrogen (secondary N) is 1. The monoisotopic (exact) mass is 488 g/mol. The van der Waals surface area contributed by atoms with Gasteiger partial charge in [-0.2, -0.15) is 5.10 Å². The summed E-state index contributed by atoms with van der Waals surface area (Å²) >= 11 is 6.16. The van der Waals surface area contributed by atoms with Gasteiger partial charge in [0.25, 0.3) is 5.91 Å². The van der Waals surface area contributed by atoms with Crippen LogP contribution in [0.25, 0.3) is 11.3 Å². The fourth-order valence-electron chi connectivity index (χ4n) is 3.99. The molecule has 0 spiro atoms. The lowest BCUT2D eigenvalue weighted by Gasteiger charge is -2.24. The van der Waals surface area contributed by atoms with Crippen LogP contribution in [0.4, 0.5) is 8.78 Å². The van der Waals surface area contributed by atoms with E-state index in [1.165, 1.54) is 4.90 Å². The van der Waals surface area contributed by atoms with Gasteiger partial charge in [0.1, 0.15) is 30.5 Å². The Bertz CT molecular complexity index is 1260. The number of carbonyl (C=O) groups excluding carboxylic acids is 2. The van der Waals surface area contributed by atoms with Crippen LogP contribution in [0.3, 0.4) is 0 Å². The Hall–Kier alpha value is -3.46. The van der Waals surface area contributed by atoms with Gasteiger partial charge in [-0.25, -0.2) is 8.78 Å². The summed E-state index contributed by atoms with van der Waals surface area (Å²) in [6.07, 6.45) is 0. The first-order chi connectivity index (χ1) is 16.1. The van der Waals surface area contributed by atoms with E-state index in [9.17, 15) is 18.4 Å². The Balaban J connectivity index is 1.72. The number of halogens is 3. The first-order valence-corrected chi connectivity index (χ1v) is 11.0. The number of amides is 2. The second-order valence-corrected chi connectivity index (χ2v) is 8.83. The van der Waals surface area contributed by atoms with Gasteiger partial charge in [-0.05, 0) is 49.7 Å². The van der Waals surface area contributed by atoms with E-state index in [1.54, 1.807) is 43.8 Å². The fraction of sp³-hybridized carbons (Fsp3) is 0.292. The lowest BCUT2D eigenvalue weighted by molar-refractivity contribution is -0.122. The molecule has 178 valence electrons. The van der Waals surface area contributed by atoms with E-state index in [4.69, 9.17) is 16.3 Å². The van der Waals surface area contributed by atoms with E-state index < -0.39 is 23.4 Å². The maximum absolute atomic E-state index is 13.8. The number of fused-ring (bicyclic) bond motifs is 3. The molecule has 10 heteroatoms. The van der Waals surface area contributed by atoms with Crippen LogP contribution >= 0.6 is 11.6 Å². The Morgan fingerprint density at radius 1 is 1.21 bits per heavy atom. The van der Waals surface area contributed by atoms with Gasteiger partial charge in [0.05, 0.1) is 5.69 Å². The zero-order valence-corrected chi connectivity index (χ0v) is 19.6. The molecule has 2 heterocycles. The van der Waals surface area contributed by atoms with Crippen molar-refractivity contribution in [2.24, 2.45) is 7.05 Å². The summed E-state index contributed by atoms with van der Waals surface area (Å²) in [4.78, 5) is 27.3. The molecule has 34 heavy (non-hydrogen) atoms. The minimum Gasteiger partial charge on any atom is -0.488 e. The second-order valence-electron chi connectivity index (χ2n) is 8.39. The Kier molecular flexibility index (Phi) is 6.56. The van der Waals surface area contributed by atoms with Gasteiger partial charge in [-0.3, -0.25) is 14.3 Å². The first kappa shape index (κ1) is 23.7. The van der Waals surface area contributed by atoms with Gasteiger partial charge in [0, 0.05) is 41.9 Å². The van der Waals surface area contributed by atoms with Crippen LogP contribution < -0.4 is 10.1 Å². The Morgan fingerprint density at radius 2 is 1.91 bits per heavy atom. The normalized spacial score (nSPS) is 12.1. The molecular formula is C24H23ClF2N4O3. The topological polar surface area (TPSA) is 76.5 Å². The van der Waals surface area contributed by atoms with Crippen molar-refractivity contribution in [3.8, 4) is 17.0 Å². The standard InChI is InChI=1S/C24H23ClF2N4O3/c1-13(2)28-21(32)11-31(10-14-6-16(26)9-17(27)7-14)24(33)22-19-12-34-20-5-4-15(25)8-18(20)23(19)30(3)29-22/h4-9,13H,10-12H2,1-3H3,(H,28,32). The number of rotatable bonds is 6. The zero-order chi connectivity index (χ0) is 24.6. The lowest BCUT2D eigenvalue weighted by atomic mass is 10.0. The van der Waals surface area contributed by atoms with Crippen molar-refractivity contribution in [2.75, 3.05) is 6.54 Å². The molecule has 7 nitrogen and oxygen atoms in total. The SMILES string of the molecule is CC(C)NC(=O)CN(Cc1cc(F)cc(F)c1)C(=O)c1nn(C)c2c1COc1ccc(Cl)cc1-2. The predicted molar refractivity (Wildman–Crippen MR) is 122 cm³/mol. The number of aryl methyl sites for hydroxylation is 1. The molecule has 0 saturated heterocycles. The molecule has 0 bridgehead atoms. The lowest BCUT2D eigenvalue weighted by Crippen LogP contribution is -2.42. The van der Waals surface area contributed by atoms with Crippen molar-refractivity contribution in [1.82, 2.24) is 20.0 Å². The number of benzene rings is 2. The molecule has 1 N–H and O–H groups in total. The number of hydrogen-bond acceptors (Lipinski definition) is 4. The van der Waals surface area contributed by atoms with E-state index >= 15 is 0 Å². The van der Waals surface area contributed by atoms with Crippen molar-refractivity contribution in [2.45, 2.75) is 33.0 Å². The third kappa shape index (κ3) is 4.89. The zero-order valence-electron chi connectivity index (χ0n) is 18.9. The third-order valence-electron chi connectivity index (χ3n) is 5.28. The van der Waals surface area contributed by atoms with Crippen LogP contribution in [0.5, 0.6) is 5.75 Å². The minimum absolute atomic E-state index is 0.0948. The maximum Gasteiger partial charge on any atom is 0.275 e. The predicted octanol–water partition coefficient (Wildman–Crippen LogP) is 4.08. The Morgan fingerprint density at radius 3 is 2.59 bits per heavy atom. The van der Waals surface area contributed by atoms with Crippen molar-refractivity contribution in [3.63, 3.8) is 0 Å². The number of carbonyl (C=O) groups is 2. The average Bonchev–Trinajstić information content (AvgIpc) is 3.08. The largest absolute Gasteiger partial charge is 0.488 e. The number of nitrogens with zero attached hydrogens (tertiary/aromatic N) is 3. The molecule has 0 atom stereocenters. The second kappa shape index (κ2) is 9.42. The smallest absolute Gasteiger partial charge is 0.275 e. The fourth-order valence-corrected chi connectivity index (χ4v) is 4.16. The molecule has 1 aliphatic rings. The highest BCUT2D eigenvalue weighted by Crippen LogP contribution is 2.40. The molecule has 0 radical (unpaired) electrons. The molecule has 2 aromatic carbocycles. The van der Waals surface area contributed by atoms with E-state index in [0.717, 1.165) is 18.2 Å². The highest BCUT2D eigenvalue weighted by atomic mass is 35.5. The molecule has 3 aromatic rings. The highest BCUT2D eigenvalue weighted by Gasteiger charge is 2.31. The molecule has 1 aliphatic heterocycles. The molecule has 0 saturated carbocycles. The number of ether oxygens (including phenoxy) is 1. The number of hydrogen-bond donors (Lipinski definition) is 1. The highest BCUT2D eigenvalue weighted by molar-refractivity contribution is 6.31. The van der Waals surface area contributed by atoms with Gasteiger partial charge < -0.3 is 15.0 Å². The summed E-state index contributed by atoms with van der Waals surface area (Å²) in [6.45, 7) is 3.18. The van der Waals surface area contributed by atoms with Crippen molar-refractivity contribution >= 4 is 23.4 Å². The van der Waals surface area contributed by atoms with Crippen molar-refractivity contribution in [1.29, 1.82) is 0 Å². The summed E-state index contributed by atoms with van der Waals surface area (Å²) in [5.41, 5.74) is 2.22. The summed E-state index contributed by atoms with van der Waals surface area (Å²) in [5.74, 6) is -1.90. The van der Waals surface area contributed by atoms with Gasteiger partial charge in [0.15, 0.2) is 5.69 Å². The third-order valence-corrected chi connectivity index (χ3v) is 5.52. The molecule has 0 aliphatic carbocycles. The van der Waals surface area contributed by atoms with Crippen LogP contribution in [0.15, 0.2) is 36.4 Å². The van der Waals surface area contributed by atoms with Crippen LogP contribution in [0.1, 0.15) is 35.5 Å². The van der Waals surface area contributed by atoms with E-state index in [-0.39, 0.29) is 37.0 Å².